The Bertz CT molecular complexity index is 855. The lowest BCUT2D eigenvalue weighted by Gasteiger charge is -2.22. The van der Waals surface area contributed by atoms with Crippen molar-refractivity contribution in [1.29, 1.82) is 0 Å². The van der Waals surface area contributed by atoms with Crippen molar-refractivity contribution >= 4 is 16.0 Å². The maximum absolute atomic E-state index is 12.5. The van der Waals surface area contributed by atoms with Gasteiger partial charge in [0.2, 0.25) is 5.91 Å². The van der Waals surface area contributed by atoms with Crippen molar-refractivity contribution in [2.24, 2.45) is 0 Å². The number of amides is 1. The number of nitrogens with one attached hydrogen (secondary N) is 1. The van der Waals surface area contributed by atoms with Gasteiger partial charge in [0.15, 0.2) is 0 Å². The van der Waals surface area contributed by atoms with E-state index in [0.717, 1.165) is 51.4 Å². The third-order valence-corrected chi connectivity index (χ3v) is 8.67. The van der Waals surface area contributed by atoms with Crippen LogP contribution < -0.4 is 5.32 Å². The molecule has 0 aliphatic rings. The van der Waals surface area contributed by atoms with Gasteiger partial charge < -0.3 is 15.5 Å². The van der Waals surface area contributed by atoms with Gasteiger partial charge in [0, 0.05) is 0 Å². The average Bonchev–Trinajstić information content (AvgIpc) is 2.98. The molecule has 258 valence electrons. The van der Waals surface area contributed by atoms with E-state index in [4.69, 9.17) is 0 Å². The van der Waals surface area contributed by atoms with E-state index in [1.807, 2.05) is 0 Å². The Kier molecular flexibility index (Phi) is 29.2. The minimum Gasteiger partial charge on any atom is -0.387 e. The van der Waals surface area contributed by atoms with Crippen molar-refractivity contribution in [3.8, 4) is 0 Å². The zero-order chi connectivity index (χ0) is 32.7. The Balaban J connectivity index is 4.13. The van der Waals surface area contributed by atoms with Crippen LogP contribution in [0.2, 0.25) is 0 Å². The Hall–Kier alpha value is -1.48. The zero-order valence-electron chi connectivity index (χ0n) is 28.1. The number of carbonyl (C=O) groups is 1. The third-order valence-electron chi connectivity index (χ3n) is 7.89. The maximum atomic E-state index is 12.5. The Labute approximate surface area is 270 Å². The fourth-order valence-corrected chi connectivity index (χ4v) is 5.88. The van der Waals surface area contributed by atoms with Gasteiger partial charge in [-0.2, -0.15) is 8.42 Å². The van der Waals surface area contributed by atoms with Gasteiger partial charge in [-0.05, 0) is 38.5 Å². The molecule has 0 saturated heterocycles. The highest BCUT2D eigenvalue weighted by molar-refractivity contribution is 7.85. The molecular weight excluding hydrogens is 574 g/mol. The van der Waals surface area contributed by atoms with Crippen LogP contribution in [0.3, 0.4) is 0 Å². The molecule has 0 bridgehead atoms. The molecule has 8 heteroatoms. The number of carbonyl (C=O) groups excluding carboxylic acids is 1. The molecule has 0 aromatic heterocycles. The molecule has 0 rings (SSSR count). The van der Waals surface area contributed by atoms with Gasteiger partial charge in [-0.25, -0.2) is 0 Å². The number of hydrogen-bond acceptors (Lipinski definition) is 5. The summed E-state index contributed by atoms with van der Waals surface area (Å²) in [6.07, 6.45) is 34.9. The first kappa shape index (κ1) is 42.5. The molecule has 7 nitrogen and oxygen atoms in total. The number of aliphatic hydroxyl groups is 2. The largest absolute Gasteiger partial charge is 0.387 e. The second-order valence-corrected chi connectivity index (χ2v) is 13.8. The van der Waals surface area contributed by atoms with E-state index in [1.165, 1.54) is 83.1 Å². The summed E-state index contributed by atoms with van der Waals surface area (Å²) in [6.45, 7) is 4.41. The van der Waals surface area contributed by atoms with Crippen LogP contribution in [0, 0.1) is 0 Å². The van der Waals surface area contributed by atoms with E-state index in [-0.39, 0.29) is 6.42 Å². The molecule has 3 unspecified atom stereocenters. The summed E-state index contributed by atoms with van der Waals surface area (Å²) in [5.41, 5.74) is 0. The first-order valence-electron chi connectivity index (χ1n) is 17.8. The SMILES string of the molecule is CCC/C=C/CC/C=C/CC/C=C/C(O)C(CS(=O)(=O)O)NC(=O)C(O)CCCCCCCCCCCCCCCCCC. The summed E-state index contributed by atoms with van der Waals surface area (Å²) in [5, 5.41) is 23.2. The maximum Gasteiger partial charge on any atom is 0.267 e. The van der Waals surface area contributed by atoms with Crippen LogP contribution >= 0.6 is 0 Å². The summed E-state index contributed by atoms with van der Waals surface area (Å²) in [7, 11) is -4.45. The van der Waals surface area contributed by atoms with Gasteiger partial charge in [0.1, 0.15) is 6.10 Å². The molecule has 0 fully saturated rings. The molecule has 0 saturated carbocycles. The average molecular weight is 642 g/mol. The van der Waals surface area contributed by atoms with Crippen LogP contribution in [0.5, 0.6) is 0 Å². The van der Waals surface area contributed by atoms with Gasteiger partial charge in [-0.3, -0.25) is 9.35 Å². The van der Waals surface area contributed by atoms with E-state index >= 15 is 0 Å². The highest BCUT2D eigenvalue weighted by atomic mass is 32.2. The predicted molar refractivity (Wildman–Crippen MR) is 185 cm³/mol. The molecule has 0 radical (unpaired) electrons. The van der Waals surface area contributed by atoms with Crippen LogP contribution in [-0.2, 0) is 14.9 Å². The number of rotatable bonds is 31. The van der Waals surface area contributed by atoms with E-state index in [2.05, 4.69) is 43.5 Å². The topological polar surface area (TPSA) is 124 Å². The molecule has 3 atom stereocenters. The van der Waals surface area contributed by atoms with Crippen LogP contribution in [-0.4, -0.2) is 53.1 Å². The molecule has 1 amide bonds. The van der Waals surface area contributed by atoms with E-state index < -0.39 is 40.0 Å². The van der Waals surface area contributed by atoms with E-state index in [9.17, 15) is 28.0 Å². The molecule has 0 aliphatic carbocycles. The lowest BCUT2D eigenvalue weighted by molar-refractivity contribution is -0.130. The van der Waals surface area contributed by atoms with Crippen molar-refractivity contribution in [2.75, 3.05) is 5.75 Å². The summed E-state index contributed by atoms with van der Waals surface area (Å²) >= 11 is 0. The summed E-state index contributed by atoms with van der Waals surface area (Å²) in [6, 6.07) is -1.25. The molecule has 0 aliphatic heterocycles. The van der Waals surface area contributed by atoms with Gasteiger partial charge in [0.05, 0.1) is 17.9 Å². The highest BCUT2D eigenvalue weighted by Gasteiger charge is 2.27. The third kappa shape index (κ3) is 29.2. The Morgan fingerprint density at radius 2 is 1.02 bits per heavy atom. The van der Waals surface area contributed by atoms with Gasteiger partial charge in [-0.1, -0.05) is 159 Å². The number of unbranched alkanes of at least 4 members (excludes halogenated alkanes) is 18. The number of aliphatic hydroxyl groups excluding tert-OH is 2. The first-order valence-corrected chi connectivity index (χ1v) is 19.4. The van der Waals surface area contributed by atoms with Crippen molar-refractivity contribution in [3.63, 3.8) is 0 Å². The molecule has 44 heavy (non-hydrogen) atoms. The van der Waals surface area contributed by atoms with Crippen LogP contribution in [0.25, 0.3) is 0 Å². The molecule has 0 heterocycles. The second kappa shape index (κ2) is 30.2. The number of allylic oxidation sites excluding steroid dienone is 5. The Morgan fingerprint density at radius 1 is 0.614 bits per heavy atom. The van der Waals surface area contributed by atoms with Gasteiger partial charge in [0.25, 0.3) is 10.1 Å². The predicted octanol–water partition coefficient (Wildman–Crippen LogP) is 8.76. The smallest absolute Gasteiger partial charge is 0.267 e. The lowest BCUT2D eigenvalue weighted by atomic mass is 10.0. The minimum absolute atomic E-state index is 0.273. The van der Waals surface area contributed by atoms with Crippen molar-refractivity contribution in [3.05, 3.63) is 36.5 Å². The van der Waals surface area contributed by atoms with E-state index in [0.29, 0.717) is 12.8 Å². The quantitative estimate of drug-likeness (QED) is 0.0341. The van der Waals surface area contributed by atoms with Crippen LogP contribution in [0.1, 0.15) is 162 Å². The van der Waals surface area contributed by atoms with Crippen molar-refractivity contribution in [2.45, 2.75) is 180 Å². The lowest BCUT2D eigenvalue weighted by Crippen LogP contribution is -2.50. The monoisotopic (exact) mass is 641 g/mol. The summed E-state index contributed by atoms with van der Waals surface area (Å²) in [5.74, 6) is -1.57. The fourth-order valence-electron chi connectivity index (χ4n) is 5.14. The zero-order valence-corrected chi connectivity index (χ0v) is 29.0. The van der Waals surface area contributed by atoms with Crippen LogP contribution in [0.15, 0.2) is 36.5 Å². The molecule has 4 N–H and O–H groups in total. The summed E-state index contributed by atoms with van der Waals surface area (Å²) in [4.78, 5) is 12.5. The second-order valence-electron chi connectivity index (χ2n) is 12.3. The first-order chi connectivity index (χ1) is 21.2. The van der Waals surface area contributed by atoms with Crippen LogP contribution in [0.4, 0.5) is 0 Å². The van der Waals surface area contributed by atoms with Crippen molar-refractivity contribution < 1.29 is 28.0 Å². The minimum atomic E-state index is -4.45. The standard InChI is InChI=1S/C36H67NO6S/c1-3-5-7-9-11-13-15-16-17-18-19-21-23-25-27-29-31-35(39)36(40)37-33(32-44(41,42)43)34(38)30-28-26-24-22-20-14-12-10-8-6-4-2/h8,10,20,22,28,30,33-35,38-39H,3-7,9,11-19,21,23-27,29,31-32H2,1-2H3,(H,37,40)(H,41,42,43)/b10-8+,22-20+,30-28+. The fraction of sp³-hybridized carbons (Fsp3) is 0.806. The molecular formula is C36H67NO6S. The summed E-state index contributed by atoms with van der Waals surface area (Å²) < 4.78 is 32.3. The van der Waals surface area contributed by atoms with Crippen molar-refractivity contribution in [1.82, 2.24) is 5.32 Å². The van der Waals surface area contributed by atoms with Gasteiger partial charge >= 0.3 is 0 Å². The van der Waals surface area contributed by atoms with Gasteiger partial charge in [-0.15, -0.1) is 0 Å². The molecule has 0 spiro atoms. The Morgan fingerprint density at radius 3 is 1.45 bits per heavy atom. The molecule has 0 aromatic carbocycles. The normalized spacial score (nSPS) is 14.6. The number of hydrogen-bond donors (Lipinski definition) is 4. The van der Waals surface area contributed by atoms with E-state index in [1.54, 1.807) is 6.08 Å². The highest BCUT2D eigenvalue weighted by Crippen LogP contribution is 2.15. The molecule has 0 aromatic rings.